The first-order valence-electron chi connectivity index (χ1n) is 14.7. The Labute approximate surface area is 238 Å². The number of hydrogen-bond acceptors (Lipinski definition) is 6. The van der Waals surface area contributed by atoms with Crippen molar-refractivity contribution in [3.63, 3.8) is 0 Å². The fourth-order valence-corrected chi connectivity index (χ4v) is 6.79. The molecule has 9 nitrogen and oxygen atoms in total. The first-order valence-corrected chi connectivity index (χ1v) is 14.7. The molecule has 0 aromatic heterocycles. The number of primary amides is 1. The van der Waals surface area contributed by atoms with Crippen LogP contribution in [0.1, 0.15) is 86.0 Å². The van der Waals surface area contributed by atoms with Crippen molar-refractivity contribution in [2.24, 2.45) is 46.2 Å². The van der Waals surface area contributed by atoms with E-state index >= 15 is 0 Å². The summed E-state index contributed by atoms with van der Waals surface area (Å²) in [4.78, 5) is 78.5. The van der Waals surface area contributed by atoms with Crippen molar-refractivity contribution in [1.29, 1.82) is 0 Å². The molecule has 2 aliphatic carbocycles. The predicted molar refractivity (Wildman–Crippen MR) is 151 cm³/mol. The molecule has 3 fully saturated rings. The maximum atomic E-state index is 14.0. The number of carbonyl (C=O) groups is 6. The molecule has 0 radical (unpaired) electrons. The quantitative estimate of drug-likeness (QED) is 0.234. The minimum atomic E-state index is -1.03. The molecule has 0 aromatic rings. The Kier molecular flexibility index (Phi) is 9.78. The minimum Gasteiger partial charge on any atom is -0.363 e. The van der Waals surface area contributed by atoms with Crippen molar-refractivity contribution in [2.75, 3.05) is 13.1 Å². The van der Waals surface area contributed by atoms with Crippen molar-refractivity contribution < 1.29 is 28.8 Å². The fraction of sp³-hybridized carbons (Fsp3) is 0.742. The maximum Gasteiger partial charge on any atom is 0.285 e. The lowest BCUT2D eigenvalue weighted by Gasteiger charge is -2.34. The average Bonchev–Trinajstić information content (AvgIpc) is 3.15. The van der Waals surface area contributed by atoms with Crippen LogP contribution in [0.4, 0.5) is 0 Å². The molecule has 1 heterocycles. The summed E-state index contributed by atoms with van der Waals surface area (Å²) < 4.78 is 0. The molecule has 0 spiro atoms. The summed E-state index contributed by atoms with van der Waals surface area (Å²) in [6.07, 6.45) is 5.10. The number of nitrogens with zero attached hydrogens (tertiary/aromatic N) is 1. The van der Waals surface area contributed by atoms with Crippen molar-refractivity contribution in [3.8, 4) is 0 Å². The smallest absolute Gasteiger partial charge is 0.285 e. The van der Waals surface area contributed by atoms with Crippen molar-refractivity contribution in [1.82, 2.24) is 10.2 Å². The number of carbonyl (C=O) groups excluding carboxylic acids is 6. The van der Waals surface area contributed by atoms with Crippen LogP contribution in [-0.4, -0.2) is 59.1 Å². The zero-order valence-corrected chi connectivity index (χ0v) is 24.8. The molecule has 1 saturated heterocycles. The number of likely N-dealkylation sites (tertiary alicyclic amines) is 1. The second-order valence-electron chi connectivity index (χ2n) is 14.0. The molecule has 3 N–H and O–H groups in total. The van der Waals surface area contributed by atoms with Crippen molar-refractivity contribution in [3.05, 3.63) is 12.7 Å². The molecule has 3 amide bonds. The van der Waals surface area contributed by atoms with Gasteiger partial charge in [-0.15, -0.1) is 0 Å². The largest absolute Gasteiger partial charge is 0.363 e. The number of Topliss-reactive ketones (excluding diaryl/α,β-unsaturated/α-hetero) is 3. The van der Waals surface area contributed by atoms with Gasteiger partial charge < -0.3 is 16.0 Å². The van der Waals surface area contributed by atoms with Crippen LogP contribution in [0.5, 0.6) is 0 Å². The van der Waals surface area contributed by atoms with Crippen LogP contribution in [0.2, 0.25) is 0 Å². The molecular weight excluding hydrogens is 510 g/mol. The Bertz CT molecular complexity index is 1050. The van der Waals surface area contributed by atoms with Crippen LogP contribution in [0, 0.1) is 40.4 Å². The van der Waals surface area contributed by atoms with Crippen LogP contribution >= 0.6 is 0 Å². The highest BCUT2D eigenvalue weighted by Gasteiger charge is 2.69. The Morgan fingerprint density at radius 2 is 1.73 bits per heavy atom. The van der Waals surface area contributed by atoms with Gasteiger partial charge in [-0.2, -0.15) is 0 Å². The predicted octanol–water partition coefficient (Wildman–Crippen LogP) is 2.99. The highest BCUT2D eigenvalue weighted by molar-refractivity contribution is 6.36. The zero-order valence-electron chi connectivity index (χ0n) is 24.8. The number of nitrogens with two attached hydrogens (primary N) is 1. The van der Waals surface area contributed by atoms with Gasteiger partial charge in [0.25, 0.3) is 5.91 Å². The van der Waals surface area contributed by atoms with E-state index in [9.17, 15) is 28.8 Å². The topological polar surface area (TPSA) is 144 Å². The van der Waals surface area contributed by atoms with Gasteiger partial charge in [0.15, 0.2) is 5.78 Å². The summed E-state index contributed by atoms with van der Waals surface area (Å²) in [6.45, 7) is 14.1. The molecule has 40 heavy (non-hydrogen) atoms. The van der Waals surface area contributed by atoms with Gasteiger partial charge >= 0.3 is 0 Å². The monoisotopic (exact) mass is 557 g/mol. The van der Waals surface area contributed by atoms with Crippen LogP contribution in [0.15, 0.2) is 12.7 Å². The first-order chi connectivity index (χ1) is 18.6. The maximum absolute atomic E-state index is 14.0. The number of ketones is 3. The summed E-state index contributed by atoms with van der Waals surface area (Å²) in [5, 5.41) is 2.69. The van der Waals surface area contributed by atoms with Crippen molar-refractivity contribution >= 4 is 35.1 Å². The molecule has 3 rings (SSSR count). The molecule has 5 atom stereocenters. The molecule has 0 aromatic carbocycles. The van der Waals surface area contributed by atoms with E-state index in [4.69, 9.17) is 5.73 Å². The molecule has 1 aliphatic heterocycles. The zero-order chi connectivity index (χ0) is 30.0. The van der Waals surface area contributed by atoms with E-state index in [2.05, 4.69) is 25.7 Å². The lowest BCUT2D eigenvalue weighted by molar-refractivity contribution is -0.145. The second-order valence-corrected chi connectivity index (χ2v) is 14.0. The summed E-state index contributed by atoms with van der Waals surface area (Å²) in [5.41, 5.74) is 4.98. The SMILES string of the molecule is C=CC(=O)NCC[C@H](CC(=O)CC(C)(C)C)C(=O)N1C[C@H]2C([C@H]1C(=O)CC(CC1CCC1)C(=O)C(N)=O)C2(C)C. The minimum absolute atomic E-state index is 0.0284. The van der Waals surface area contributed by atoms with E-state index in [0.29, 0.717) is 25.3 Å². The number of nitrogens with one attached hydrogen (secondary N) is 1. The summed E-state index contributed by atoms with van der Waals surface area (Å²) >= 11 is 0. The first kappa shape index (κ1) is 31.7. The Morgan fingerprint density at radius 3 is 2.25 bits per heavy atom. The van der Waals surface area contributed by atoms with Crippen LogP contribution in [0.25, 0.3) is 0 Å². The van der Waals surface area contributed by atoms with Gasteiger partial charge in [0, 0.05) is 44.2 Å². The third kappa shape index (κ3) is 7.46. The van der Waals surface area contributed by atoms with Gasteiger partial charge in [0.1, 0.15) is 5.78 Å². The Morgan fingerprint density at radius 1 is 1.07 bits per heavy atom. The summed E-state index contributed by atoms with van der Waals surface area (Å²) in [6, 6.07) is -0.708. The molecule has 2 saturated carbocycles. The van der Waals surface area contributed by atoms with Gasteiger partial charge in [0.05, 0.1) is 6.04 Å². The molecular formula is C31H47N3O6. The van der Waals surface area contributed by atoms with Crippen molar-refractivity contribution in [2.45, 2.75) is 92.0 Å². The Balaban J connectivity index is 1.81. The summed E-state index contributed by atoms with van der Waals surface area (Å²) in [7, 11) is 0. The van der Waals surface area contributed by atoms with Gasteiger partial charge in [-0.25, -0.2) is 0 Å². The number of hydrogen-bond donors (Lipinski definition) is 2. The van der Waals surface area contributed by atoms with E-state index in [0.717, 1.165) is 25.3 Å². The van der Waals surface area contributed by atoms with Gasteiger partial charge in [-0.1, -0.05) is 60.5 Å². The molecule has 3 aliphatic rings. The molecule has 222 valence electrons. The number of amides is 3. The molecule has 0 bridgehead atoms. The summed E-state index contributed by atoms with van der Waals surface area (Å²) in [5.74, 6) is -3.68. The van der Waals surface area contributed by atoms with E-state index in [1.165, 1.54) is 0 Å². The molecule has 9 heteroatoms. The lowest BCUT2D eigenvalue weighted by Crippen LogP contribution is -2.49. The average molecular weight is 558 g/mol. The Hall–Kier alpha value is -2.84. The van der Waals surface area contributed by atoms with E-state index in [1.807, 2.05) is 20.8 Å². The third-order valence-electron chi connectivity index (χ3n) is 9.25. The highest BCUT2D eigenvalue weighted by atomic mass is 16.2. The number of fused-ring (bicyclic) bond motifs is 1. The third-order valence-corrected chi connectivity index (χ3v) is 9.25. The normalized spacial score (nSPS) is 24.7. The second kappa shape index (κ2) is 12.4. The number of piperidine rings is 1. The van der Waals surface area contributed by atoms with Gasteiger partial charge in [-0.3, -0.25) is 28.8 Å². The van der Waals surface area contributed by atoms with Crippen LogP contribution < -0.4 is 11.1 Å². The van der Waals surface area contributed by atoms with Crippen LogP contribution in [-0.2, 0) is 28.8 Å². The molecule has 2 unspecified atom stereocenters. The van der Waals surface area contributed by atoms with Gasteiger partial charge in [0.2, 0.25) is 17.6 Å². The lowest BCUT2D eigenvalue weighted by atomic mass is 9.76. The van der Waals surface area contributed by atoms with E-state index in [1.54, 1.807) is 4.90 Å². The highest BCUT2D eigenvalue weighted by Crippen LogP contribution is 2.65. The van der Waals surface area contributed by atoms with E-state index < -0.39 is 29.6 Å². The number of rotatable bonds is 15. The van der Waals surface area contributed by atoms with E-state index in [-0.39, 0.29) is 71.9 Å². The van der Waals surface area contributed by atoms with Gasteiger partial charge in [-0.05, 0) is 47.5 Å². The standard InChI is InChI=1S/C31H47N3O6/c1-7-24(37)33-12-11-19(14-21(35)16-30(2,3)4)29(40)34-17-22-25(31(22,5)6)26(34)23(36)15-20(27(38)28(32)39)13-18-9-8-10-18/h7,18-20,22,25-26H,1,8-17H2,2-6H3,(H2,32,39)(H,33,37)/t19-,20?,22+,25?,26-/m1/s1. The van der Waals surface area contributed by atoms with Crippen LogP contribution in [0.3, 0.4) is 0 Å². The fourth-order valence-electron chi connectivity index (χ4n) is 6.79.